The molecule has 1 fully saturated rings. The minimum Gasteiger partial charge on any atom is -0.351 e. The van der Waals surface area contributed by atoms with Crippen LogP contribution in [0.25, 0.3) is 0 Å². The van der Waals surface area contributed by atoms with Crippen LogP contribution < -0.4 is 5.32 Å². The van der Waals surface area contributed by atoms with Crippen LogP contribution in [0.3, 0.4) is 0 Å². The topological polar surface area (TPSA) is 32.3 Å². The van der Waals surface area contributed by atoms with Gasteiger partial charge in [-0.25, -0.2) is 0 Å². The van der Waals surface area contributed by atoms with Crippen LogP contribution in [0.2, 0.25) is 0 Å². The van der Waals surface area contributed by atoms with E-state index in [2.05, 4.69) is 17.1 Å². The Kier molecular flexibility index (Phi) is 4.99. The Morgan fingerprint density at radius 2 is 2.11 bits per heavy atom. The van der Waals surface area contributed by atoms with E-state index in [0.717, 1.165) is 29.4 Å². The molecule has 1 aromatic heterocycles. The quantitative estimate of drug-likeness (QED) is 0.920. The summed E-state index contributed by atoms with van der Waals surface area (Å²) in [4.78, 5) is 16.8. The molecular weight excluding hydrogens is 256 g/mol. The van der Waals surface area contributed by atoms with Gasteiger partial charge in [0.25, 0.3) is 5.91 Å². The highest BCUT2D eigenvalue weighted by atomic mass is 32.1. The van der Waals surface area contributed by atoms with Crippen LogP contribution in [0.15, 0.2) is 6.07 Å². The summed E-state index contributed by atoms with van der Waals surface area (Å²) in [7, 11) is 0. The maximum Gasteiger partial charge on any atom is 0.252 e. The van der Waals surface area contributed by atoms with Crippen molar-refractivity contribution in [3.8, 4) is 0 Å². The van der Waals surface area contributed by atoms with Crippen LogP contribution in [-0.4, -0.2) is 37.0 Å². The van der Waals surface area contributed by atoms with Gasteiger partial charge in [-0.05, 0) is 51.8 Å². The number of nitrogens with zero attached hydrogens (tertiary/aromatic N) is 1. The van der Waals surface area contributed by atoms with Gasteiger partial charge in [0.15, 0.2) is 0 Å². The van der Waals surface area contributed by atoms with Crippen molar-refractivity contribution in [2.75, 3.05) is 26.2 Å². The number of rotatable bonds is 4. The summed E-state index contributed by atoms with van der Waals surface area (Å²) >= 11 is 1.69. The monoisotopic (exact) mass is 280 g/mol. The maximum absolute atomic E-state index is 12.0. The first-order chi connectivity index (χ1) is 9.06. The molecule has 3 nitrogen and oxygen atoms in total. The van der Waals surface area contributed by atoms with E-state index in [0.29, 0.717) is 0 Å². The van der Waals surface area contributed by atoms with Crippen LogP contribution in [-0.2, 0) is 0 Å². The van der Waals surface area contributed by atoms with Crippen molar-refractivity contribution in [2.45, 2.75) is 33.6 Å². The van der Waals surface area contributed by atoms with E-state index in [4.69, 9.17) is 0 Å². The Morgan fingerprint density at radius 1 is 1.42 bits per heavy atom. The summed E-state index contributed by atoms with van der Waals surface area (Å²) in [5, 5.41) is 3.04. The smallest absolute Gasteiger partial charge is 0.252 e. The zero-order chi connectivity index (χ0) is 13.8. The van der Waals surface area contributed by atoms with Gasteiger partial charge in [0.2, 0.25) is 0 Å². The number of hydrogen-bond acceptors (Lipinski definition) is 3. The number of hydrogen-bond donors (Lipinski definition) is 1. The van der Waals surface area contributed by atoms with Gasteiger partial charge >= 0.3 is 0 Å². The maximum atomic E-state index is 12.0. The number of amides is 1. The number of likely N-dealkylation sites (tertiary alicyclic amines) is 1. The highest BCUT2D eigenvalue weighted by molar-refractivity contribution is 7.12. The summed E-state index contributed by atoms with van der Waals surface area (Å²) in [6.07, 6.45) is 2.58. The van der Waals surface area contributed by atoms with Crippen LogP contribution in [0.1, 0.15) is 39.9 Å². The molecule has 0 radical (unpaired) electrons. The largest absolute Gasteiger partial charge is 0.351 e. The predicted octanol–water partition coefficient (Wildman–Crippen LogP) is 2.83. The highest BCUT2D eigenvalue weighted by Gasteiger charge is 2.16. The number of aryl methyl sites for hydroxylation is 2. The predicted molar refractivity (Wildman–Crippen MR) is 81.0 cm³/mol. The first-order valence-corrected chi connectivity index (χ1v) is 7.95. The Labute approximate surface area is 120 Å². The molecule has 1 amide bonds. The minimum absolute atomic E-state index is 0.0761. The molecule has 0 bridgehead atoms. The molecule has 1 saturated heterocycles. The molecule has 2 rings (SSSR count). The molecule has 0 aliphatic carbocycles. The highest BCUT2D eigenvalue weighted by Crippen LogP contribution is 2.20. The lowest BCUT2D eigenvalue weighted by Gasteiger charge is -2.30. The molecule has 0 saturated carbocycles. The molecule has 1 aliphatic heterocycles. The van der Waals surface area contributed by atoms with Gasteiger partial charge in [-0.3, -0.25) is 4.79 Å². The van der Waals surface area contributed by atoms with Gasteiger partial charge in [0.05, 0.1) is 5.56 Å². The second-order valence-electron chi connectivity index (χ2n) is 5.61. The van der Waals surface area contributed by atoms with Crippen LogP contribution in [0.5, 0.6) is 0 Å². The number of piperidine rings is 1. The fourth-order valence-corrected chi connectivity index (χ4v) is 3.49. The summed E-state index contributed by atoms with van der Waals surface area (Å²) in [5.74, 6) is 0.939. The van der Waals surface area contributed by atoms with Gasteiger partial charge in [0, 0.05) is 22.8 Å². The summed E-state index contributed by atoms with van der Waals surface area (Å²) in [5.41, 5.74) is 0.842. The Hall–Kier alpha value is -0.870. The zero-order valence-electron chi connectivity index (χ0n) is 12.2. The average molecular weight is 280 g/mol. The van der Waals surface area contributed by atoms with E-state index < -0.39 is 0 Å². The van der Waals surface area contributed by atoms with Crippen molar-refractivity contribution >= 4 is 17.2 Å². The Morgan fingerprint density at radius 3 is 2.68 bits per heavy atom. The minimum atomic E-state index is 0.0761. The number of thiophene rings is 1. The molecule has 0 aromatic carbocycles. The van der Waals surface area contributed by atoms with Gasteiger partial charge < -0.3 is 10.2 Å². The van der Waals surface area contributed by atoms with Gasteiger partial charge in [-0.15, -0.1) is 11.3 Å². The van der Waals surface area contributed by atoms with Crippen LogP contribution in [0, 0.1) is 19.8 Å². The molecule has 0 spiro atoms. The fourth-order valence-electron chi connectivity index (χ4n) is 2.56. The normalized spacial score (nSPS) is 17.6. The third-order valence-corrected chi connectivity index (χ3v) is 4.84. The fraction of sp³-hybridized carbons (Fsp3) is 0.667. The molecule has 0 atom stereocenters. The van der Waals surface area contributed by atoms with Gasteiger partial charge in [-0.2, -0.15) is 0 Å². The third kappa shape index (κ3) is 4.05. The van der Waals surface area contributed by atoms with Crippen molar-refractivity contribution in [1.29, 1.82) is 0 Å². The lowest BCUT2D eigenvalue weighted by molar-refractivity contribution is 0.0944. The lowest BCUT2D eigenvalue weighted by Crippen LogP contribution is -2.39. The molecular formula is C15H24N2OS. The zero-order valence-corrected chi connectivity index (χ0v) is 13.0. The van der Waals surface area contributed by atoms with E-state index in [1.165, 1.54) is 30.8 Å². The summed E-state index contributed by atoms with van der Waals surface area (Å²) < 4.78 is 0. The Balaban J connectivity index is 1.74. The third-order valence-electron chi connectivity index (χ3n) is 3.88. The molecule has 19 heavy (non-hydrogen) atoms. The first-order valence-electron chi connectivity index (χ1n) is 7.14. The number of carbonyl (C=O) groups excluding carboxylic acids is 1. The van der Waals surface area contributed by atoms with Crippen molar-refractivity contribution in [3.63, 3.8) is 0 Å². The van der Waals surface area contributed by atoms with E-state index in [-0.39, 0.29) is 5.91 Å². The second-order valence-corrected chi connectivity index (χ2v) is 7.07. The van der Waals surface area contributed by atoms with Crippen molar-refractivity contribution in [3.05, 3.63) is 21.4 Å². The molecule has 1 aliphatic rings. The average Bonchev–Trinajstić information content (AvgIpc) is 2.71. The number of nitrogens with one attached hydrogen (secondary N) is 1. The van der Waals surface area contributed by atoms with Crippen molar-refractivity contribution < 1.29 is 4.79 Å². The van der Waals surface area contributed by atoms with Crippen molar-refractivity contribution in [2.24, 2.45) is 5.92 Å². The molecule has 1 N–H and O–H groups in total. The van der Waals surface area contributed by atoms with E-state index in [1.54, 1.807) is 11.3 Å². The van der Waals surface area contributed by atoms with E-state index in [1.807, 2.05) is 19.9 Å². The molecule has 1 aromatic rings. The molecule has 4 heteroatoms. The second kappa shape index (κ2) is 6.53. The SMILES string of the molecule is Cc1cc(C(=O)NCCN2CCC(C)CC2)c(C)s1. The van der Waals surface area contributed by atoms with Crippen molar-refractivity contribution in [1.82, 2.24) is 10.2 Å². The number of carbonyl (C=O) groups is 1. The van der Waals surface area contributed by atoms with Crippen LogP contribution in [0.4, 0.5) is 0 Å². The summed E-state index contributed by atoms with van der Waals surface area (Å²) in [6.45, 7) is 10.5. The van der Waals surface area contributed by atoms with Crippen LogP contribution >= 0.6 is 11.3 Å². The lowest BCUT2D eigenvalue weighted by atomic mass is 9.99. The van der Waals surface area contributed by atoms with Gasteiger partial charge in [0.1, 0.15) is 0 Å². The van der Waals surface area contributed by atoms with E-state index >= 15 is 0 Å². The molecule has 0 unspecified atom stereocenters. The standard InChI is InChI=1S/C15H24N2OS/c1-11-4-7-17(8-5-11)9-6-16-15(18)14-10-12(2)19-13(14)3/h10-11H,4-9H2,1-3H3,(H,16,18). The Bertz CT molecular complexity index is 433. The first kappa shape index (κ1) is 14.5. The van der Waals surface area contributed by atoms with Gasteiger partial charge in [-0.1, -0.05) is 6.92 Å². The molecule has 106 valence electrons. The van der Waals surface area contributed by atoms with E-state index in [9.17, 15) is 4.79 Å². The summed E-state index contributed by atoms with van der Waals surface area (Å²) in [6, 6.07) is 1.98. The molecule has 2 heterocycles.